The van der Waals surface area contributed by atoms with Crippen LogP contribution in [0.5, 0.6) is 0 Å². The Kier molecular flexibility index (Phi) is 5.57. The minimum atomic E-state index is -0.442. The van der Waals surface area contributed by atoms with Gasteiger partial charge in [-0.3, -0.25) is 10.1 Å². The predicted octanol–water partition coefficient (Wildman–Crippen LogP) is 2.29. The van der Waals surface area contributed by atoms with E-state index in [1.807, 2.05) is 0 Å². The van der Waals surface area contributed by atoms with Gasteiger partial charge in [-0.25, -0.2) is 0 Å². The second-order valence-corrected chi connectivity index (χ2v) is 4.83. The van der Waals surface area contributed by atoms with Gasteiger partial charge in [-0.15, -0.1) is 0 Å². The fourth-order valence-electron chi connectivity index (χ4n) is 1.90. The Hall–Kier alpha value is -1.82. The average molecular weight is 267 g/mol. The van der Waals surface area contributed by atoms with Crippen molar-refractivity contribution in [3.63, 3.8) is 0 Å². The molecule has 0 radical (unpaired) electrons. The third-order valence-electron chi connectivity index (χ3n) is 2.71. The number of benzene rings is 1. The van der Waals surface area contributed by atoms with Gasteiger partial charge < -0.3 is 15.4 Å². The average Bonchev–Trinajstić information content (AvgIpc) is 2.34. The van der Waals surface area contributed by atoms with E-state index in [0.717, 1.165) is 12.2 Å². The van der Waals surface area contributed by atoms with Crippen LogP contribution in [0.3, 0.4) is 0 Å². The molecule has 0 spiro atoms. The first-order chi connectivity index (χ1) is 8.95. The van der Waals surface area contributed by atoms with Crippen LogP contribution in [0.4, 0.5) is 17.1 Å². The molecule has 0 aliphatic carbocycles. The van der Waals surface area contributed by atoms with E-state index in [2.05, 4.69) is 18.7 Å². The number of methoxy groups -OCH3 is 1. The Morgan fingerprint density at radius 2 is 2.16 bits per heavy atom. The molecule has 6 heteroatoms. The molecule has 0 saturated carbocycles. The van der Waals surface area contributed by atoms with Crippen LogP contribution < -0.4 is 10.6 Å². The van der Waals surface area contributed by atoms with Crippen molar-refractivity contribution >= 4 is 17.1 Å². The Bertz CT molecular complexity index is 435. The number of rotatable bonds is 7. The number of nitrogen functional groups attached to an aromatic ring is 1. The molecule has 0 fully saturated rings. The first-order valence-electron chi connectivity index (χ1n) is 6.23. The maximum absolute atomic E-state index is 10.7. The lowest BCUT2D eigenvalue weighted by Crippen LogP contribution is -2.31. The lowest BCUT2D eigenvalue weighted by Gasteiger charge is -2.27. The molecule has 1 rings (SSSR count). The van der Waals surface area contributed by atoms with Crippen molar-refractivity contribution in [2.75, 3.05) is 37.4 Å². The first-order valence-corrected chi connectivity index (χ1v) is 6.23. The number of nitro benzene ring substituents is 1. The van der Waals surface area contributed by atoms with Crippen LogP contribution in [0, 0.1) is 16.0 Å². The van der Waals surface area contributed by atoms with Crippen molar-refractivity contribution in [2.45, 2.75) is 13.8 Å². The minimum absolute atomic E-state index is 0.0116. The molecule has 0 aromatic heterocycles. The van der Waals surface area contributed by atoms with Gasteiger partial charge in [-0.1, -0.05) is 13.8 Å². The highest BCUT2D eigenvalue weighted by Crippen LogP contribution is 2.28. The molecule has 1 aromatic rings. The fraction of sp³-hybridized carbons (Fsp3) is 0.538. The molecule has 0 amide bonds. The van der Waals surface area contributed by atoms with Crippen molar-refractivity contribution in [2.24, 2.45) is 5.92 Å². The van der Waals surface area contributed by atoms with Gasteiger partial charge in [-0.2, -0.15) is 0 Å². The van der Waals surface area contributed by atoms with Gasteiger partial charge in [0.25, 0.3) is 5.69 Å². The van der Waals surface area contributed by atoms with Gasteiger partial charge in [0.2, 0.25) is 0 Å². The number of nitrogens with zero attached hydrogens (tertiary/aromatic N) is 2. The maximum Gasteiger partial charge on any atom is 0.271 e. The van der Waals surface area contributed by atoms with Gasteiger partial charge in [0, 0.05) is 32.3 Å². The number of hydrogen-bond acceptors (Lipinski definition) is 5. The molecule has 106 valence electrons. The molecule has 6 nitrogen and oxygen atoms in total. The lowest BCUT2D eigenvalue weighted by molar-refractivity contribution is -0.384. The summed E-state index contributed by atoms with van der Waals surface area (Å²) >= 11 is 0. The van der Waals surface area contributed by atoms with Gasteiger partial charge in [0.05, 0.1) is 22.9 Å². The topological polar surface area (TPSA) is 81.6 Å². The molecule has 0 aliphatic heterocycles. The van der Waals surface area contributed by atoms with Gasteiger partial charge >= 0.3 is 0 Å². The summed E-state index contributed by atoms with van der Waals surface area (Å²) in [6.07, 6.45) is 0. The number of non-ortho nitro benzene ring substituents is 1. The van der Waals surface area contributed by atoms with E-state index in [1.165, 1.54) is 12.1 Å². The van der Waals surface area contributed by atoms with E-state index in [1.54, 1.807) is 13.2 Å². The second kappa shape index (κ2) is 6.94. The molecule has 0 saturated heterocycles. The van der Waals surface area contributed by atoms with Crippen molar-refractivity contribution in [3.8, 4) is 0 Å². The Labute approximate surface area is 113 Å². The molecule has 19 heavy (non-hydrogen) atoms. The van der Waals surface area contributed by atoms with Gasteiger partial charge in [0.15, 0.2) is 0 Å². The van der Waals surface area contributed by atoms with Crippen LogP contribution >= 0.6 is 0 Å². The smallest absolute Gasteiger partial charge is 0.271 e. The summed E-state index contributed by atoms with van der Waals surface area (Å²) in [5.74, 6) is 0.464. The quantitative estimate of drug-likeness (QED) is 0.465. The van der Waals surface area contributed by atoms with Crippen molar-refractivity contribution in [3.05, 3.63) is 28.3 Å². The van der Waals surface area contributed by atoms with E-state index in [4.69, 9.17) is 10.5 Å². The highest BCUT2D eigenvalue weighted by molar-refractivity contribution is 5.70. The standard InChI is InChI=1S/C13H21N3O3/c1-10(2)9-15(6-7-19-3)13-5-4-11(16(17)18)8-12(13)14/h4-5,8,10H,6-7,9,14H2,1-3H3. The van der Waals surface area contributed by atoms with E-state index in [9.17, 15) is 10.1 Å². The van der Waals surface area contributed by atoms with E-state index >= 15 is 0 Å². The third kappa shape index (κ3) is 4.40. The number of hydrogen-bond donors (Lipinski definition) is 1. The zero-order valence-corrected chi connectivity index (χ0v) is 11.6. The lowest BCUT2D eigenvalue weighted by atomic mass is 10.1. The van der Waals surface area contributed by atoms with E-state index in [0.29, 0.717) is 24.8 Å². The summed E-state index contributed by atoms with van der Waals surface area (Å²) in [6.45, 7) is 6.34. The molecule has 0 atom stereocenters. The van der Waals surface area contributed by atoms with Gasteiger partial charge in [-0.05, 0) is 12.0 Å². The Morgan fingerprint density at radius 1 is 1.47 bits per heavy atom. The first kappa shape index (κ1) is 15.2. The minimum Gasteiger partial charge on any atom is -0.397 e. The largest absolute Gasteiger partial charge is 0.397 e. The normalized spacial score (nSPS) is 10.7. The predicted molar refractivity (Wildman–Crippen MR) is 76.4 cm³/mol. The Morgan fingerprint density at radius 3 is 2.63 bits per heavy atom. The van der Waals surface area contributed by atoms with Crippen molar-refractivity contribution in [1.29, 1.82) is 0 Å². The maximum atomic E-state index is 10.7. The molecule has 1 aromatic carbocycles. The number of ether oxygens (including phenoxy) is 1. The van der Waals surface area contributed by atoms with Crippen LogP contribution in [0.15, 0.2) is 18.2 Å². The van der Waals surface area contributed by atoms with Crippen LogP contribution in [0.1, 0.15) is 13.8 Å². The van der Waals surface area contributed by atoms with Gasteiger partial charge in [0.1, 0.15) is 0 Å². The monoisotopic (exact) mass is 267 g/mol. The van der Waals surface area contributed by atoms with Crippen molar-refractivity contribution in [1.82, 2.24) is 0 Å². The summed E-state index contributed by atoms with van der Waals surface area (Å²) in [6, 6.07) is 4.58. The number of anilines is 2. The highest BCUT2D eigenvalue weighted by Gasteiger charge is 2.14. The zero-order valence-electron chi connectivity index (χ0n) is 11.6. The molecule has 0 heterocycles. The number of nitrogens with two attached hydrogens (primary N) is 1. The fourth-order valence-corrected chi connectivity index (χ4v) is 1.90. The van der Waals surface area contributed by atoms with Crippen LogP contribution in [0.2, 0.25) is 0 Å². The van der Waals surface area contributed by atoms with E-state index in [-0.39, 0.29) is 5.69 Å². The molecule has 0 aliphatic rings. The summed E-state index contributed by atoms with van der Waals surface area (Å²) in [5.41, 5.74) is 7.17. The van der Waals surface area contributed by atoms with E-state index < -0.39 is 4.92 Å². The highest BCUT2D eigenvalue weighted by atomic mass is 16.6. The van der Waals surface area contributed by atoms with Crippen LogP contribution in [-0.2, 0) is 4.74 Å². The zero-order chi connectivity index (χ0) is 14.4. The second-order valence-electron chi connectivity index (χ2n) is 4.83. The third-order valence-corrected chi connectivity index (χ3v) is 2.71. The molecule has 0 bridgehead atoms. The van der Waals surface area contributed by atoms with Crippen LogP contribution in [-0.4, -0.2) is 31.7 Å². The SMILES string of the molecule is COCCN(CC(C)C)c1ccc([N+](=O)[O-])cc1N. The molecular formula is C13H21N3O3. The summed E-state index contributed by atoms with van der Waals surface area (Å²) in [7, 11) is 1.65. The Balaban J connectivity index is 2.97. The molecular weight excluding hydrogens is 246 g/mol. The van der Waals surface area contributed by atoms with Crippen molar-refractivity contribution < 1.29 is 9.66 Å². The van der Waals surface area contributed by atoms with Crippen LogP contribution in [0.25, 0.3) is 0 Å². The summed E-state index contributed by atoms with van der Waals surface area (Å²) in [5, 5.41) is 10.7. The summed E-state index contributed by atoms with van der Waals surface area (Å²) in [4.78, 5) is 12.3. The number of nitro groups is 1. The summed E-state index contributed by atoms with van der Waals surface area (Å²) < 4.78 is 5.09. The molecule has 0 unspecified atom stereocenters. The molecule has 2 N–H and O–H groups in total.